The van der Waals surface area contributed by atoms with E-state index in [1.54, 1.807) is 0 Å². The Hall–Kier alpha value is -0.0800. The molecule has 0 bridgehead atoms. The Kier molecular flexibility index (Phi) is 2.32. The fourth-order valence-electron chi connectivity index (χ4n) is 1.48. The van der Waals surface area contributed by atoms with Gasteiger partial charge in [-0.15, -0.1) is 0 Å². The molecule has 2 nitrogen and oxygen atoms in total. The molecule has 2 heteroatoms. The molecule has 0 aromatic carbocycles. The molecule has 1 N–H and O–H groups in total. The van der Waals surface area contributed by atoms with Gasteiger partial charge in [0.25, 0.3) is 0 Å². The third kappa shape index (κ3) is 1.96. The molecule has 0 saturated carbocycles. The second kappa shape index (κ2) is 2.89. The van der Waals surface area contributed by atoms with Gasteiger partial charge in [-0.05, 0) is 13.3 Å². The Bertz CT molecular complexity index is 106. The average molecular weight is 143 g/mol. The van der Waals surface area contributed by atoms with Crippen LogP contribution in [-0.2, 0) is 4.74 Å². The van der Waals surface area contributed by atoms with E-state index >= 15 is 0 Å². The first-order valence-corrected chi connectivity index (χ1v) is 3.98. The van der Waals surface area contributed by atoms with E-state index in [0.29, 0.717) is 6.04 Å². The van der Waals surface area contributed by atoms with Crippen LogP contribution in [0.4, 0.5) is 0 Å². The third-order valence-corrected chi connectivity index (χ3v) is 1.86. The molecule has 1 saturated heterocycles. The van der Waals surface area contributed by atoms with Crippen molar-refractivity contribution in [1.82, 2.24) is 5.32 Å². The van der Waals surface area contributed by atoms with Crippen LogP contribution < -0.4 is 5.32 Å². The molecule has 0 aromatic rings. The lowest BCUT2D eigenvalue weighted by molar-refractivity contribution is 0.168. The summed E-state index contributed by atoms with van der Waals surface area (Å²) >= 11 is 0. The topological polar surface area (TPSA) is 21.3 Å². The Morgan fingerprint density at radius 1 is 1.50 bits per heavy atom. The van der Waals surface area contributed by atoms with E-state index in [9.17, 15) is 0 Å². The first-order chi connectivity index (χ1) is 4.62. The van der Waals surface area contributed by atoms with Gasteiger partial charge in [-0.25, -0.2) is 0 Å². The minimum absolute atomic E-state index is 0.244. The summed E-state index contributed by atoms with van der Waals surface area (Å²) in [4.78, 5) is 0. The fraction of sp³-hybridized carbons (Fsp3) is 1.00. The van der Waals surface area contributed by atoms with Crippen molar-refractivity contribution in [1.29, 1.82) is 0 Å². The largest absolute Gasteiger partial charge is 0.379 e. The quantitative estimate of drug-likeness (QED) is 0.626. The molecule has 60 valence electrons. The Labute approximate surface area is 63.0 Å². The molecule has 1 rings (SSSR count). The van der Waals surface area contributed by atoms with Gasteiger partial charge in [0.1, 0.15) is 0 Å². The minimum atomic E-state index is 0.244. The molecule has 0 spiro atoms. The smallest absolute Gasteiger partial charge is 0.0646 e. The van der Waals surface area contributed by atoms with Gasteiger partial charge in [0, 0.05) is 18.2 Å². The second-order valence-corrected chi connectivity index (χ2v) is 3.66. The summed E-state index contributed by atoms with van der Waals surface area (Å²) < 4.78 is 5.30. The number of hydrogen-bond acceptors (Lipinski definition) is 2. The van der Waals surface area contributed by atoms with Crippen LogP contribution in [0.5, 0.6) is 0 Å². The highest BCUT2D eigenvalue weighted by molar-refractivity contribution is 4.87. The van der Waals surface area contributed by atoms with Gasteiger partial charge < -0.3 is 10.1 Å². The summed E-state index contributed by atoms with van der Waals surface area (Å²) in [7, 11) is 0. The van der Waals surface area contributed by atoms with E-state index in [1.807, 2.05) is 0 Å². The Morgan fingerprint density at radius 3 is 2.60 bits per heavy atom. The lowest BCUT2D eigenvalue weighted by atomic mass is 10.0. The van der Waals surface area contributed by atoms with Crippen molar-refractivity contribution in [3.8, 4) is 0 Å². The maximum atomic E-state index is 5.30. The maximum absolute atomic E-state index is 5.30. The fourth-order valence-corrected chi connectivity index (χ4v) is 1.48. The Morgan fingerprint density at radius 2 is 2.20 bits per heavy atom. The van der Waals surface area contributed by atoms with E-state index in [0.717, 1.165) is 19.6 Å². The van der Waals surface area contributed by atoms with Crippen LogP contribution >= 0.6 is 0 Å². The highest BCUT2D eigenvalue weighted by Gasteiger charge is 2.29. The summed E-state index contributed by atoms with van der Waals surface area (Å²) in [5, 5.41) is 3.49. The number of nitrogens with one attached hydrogen (secondary N) is 1. The van der Waals surface area contributed by atoms with Gasteiger partial charge in [0.2, 0.25) is 0 Å². The van der Waals surface area contributed by atoms with E-state index < -0.39 is 0 Å². The molecule has 1 atom stereocenters. The van der Waals surface area contributed by atoms with E-state index in [2.05, 4.69) is 26.1 Å². The first kappa shape index (κ1) is 8.02. The molecule has 1 aliphatic rings. The average Bonchev–Trinajstić information content (AvgIpc) is 2.12. The highest BCUT2D eigenvalue weighted by Crippen LogP contribution is 2.17. The van der Waals surface area contributed by atoms with Crippen LogP contribution in [0.3, 0.4) is 0 Å². The molecule has 0 amide bonds. The highest BCUT2D eigenvalue weighted by atomic mass is 16.5. The molecule has 1 fully saturated rings. The molecule has 1 aliphatic heterocycles. The summed E-state index contributed by atoms with van der Waals surface area (Å²) in [5.74, 6) is 0. The van der Waals surface area contributed by atoms with Crippen LogP contribution in [0.2, 0.25) is 0 Å². The van der Waals surface area contributed by atoms with E-state index in [4.69, 9.17) is 4.74 Å². The van der Waals surface area contributed by atoms with Crippen molar-refractivity contribution in [2.45, 2.75) is 38.8 Å². The van der Waals surface area contributed by atoms with Gasteiger partial charge >= 0.3 is 0 Å². The van der Waals surface area contributed by atoms with Crippen LogP contribution in [-0.4, -0.2) is 24.8 Å². The molecular weight excluding hydrogens is 126 g/mol. The molecule has 0 unspecified atom stereocenters. The number of hydrogen-bond donors (Lipinski definition) is 1. The summed E-state index contributed by atoms with van der Waals surface area (Å²) in [6, 6.07) is 0.562. The van der Waals surface area contributed by atoms with Crippen molar-refractivity contribution in [3.05, 3.63) is 0 Å². The first-order valence-electron chi connectivity index (χ1n) is 3.98. The van der Waals surface area contributed by atoms with Crippen molar-refractivity contribution in [2.75, 3.05) is 13.2 Å². The van der Waals surface area contributed by atoms with Crippen molar-refractivity contribution in [2.24, 2.45) is 0 Å². The van der Waals surface area contributed by atoms with Crippen LogP contribution in [0.1, 0.15) is 27.2 Å². The summed E-state index contributed by atoms with van der Waals surface area (Å²) in [5.41, 5.74) is 0.244. The summed E-state index contributed by atoms with van der Waals surface area (Å²) in [6.45, 7) is 8.34. The molecule has 1 heterocycles. The van der Waals surface area contributed by atoms with Crippen LogP contribution in [0.15, 0.2) is 0 Å². The second-order valence-electron chi connectivity index (χ2n) is 3.66. The predicted molar refractivity (Wildman–Crippen MR) is 42.1 cm³/mol. The predicted octanol–water partition coefficient (Wildman–Crippen LogP) is 1.16. The molecule has 0 aliphatic carbocycles. The Balaban J connectivity index is 2.36. The van der Waals surface area contributed by atoms with Gasteiger partial charge in [0.05, 0.1) is 6.61 Å². The van der Waals surface area contributed by atoms with E-state index in [-0.39, 0.29) is 5.54 Å². The van der Waals surface area contributed by atoms with Crippen LogP contribution in [0, 0.1) is 0 Å². The van der Waals surface area contributed by atoms with Gasteiger partial charge in [0.15, 0.2) is 0 Å². The minimum Gasteiger partial charge on any atom is -0.379 e. The lowest BCUT2D eigenvalue weighted by Crippen LogP contribution is -2.46. The monoisotopic (exact) mass is 143 g/mol. The number of ether oxygens (including phenoxy) is 1. The SMILES string of the molecule is CC(C)N[C@@]1(C)CCOC1. The molecule has 0 radical (unpaired) electrons. The maximum Gasteiger partial charge on any atom is 0.0646 e. The van der Waals surface area contributed by atoms with Crippen molar-refractivity contribution < 1.29 is 4.74 Å². The molecule has 0 aromatic heterocycles. The summed E-state index contributed by atoms with van der Waals surface area (Å²) in [6.07, 6.45) is 1.14. The van der Waals surface area contributed by atoms with Crippen molar-refractivity contribution in [3.63, 3.8) is 0 Å². The zero-order valence-corrected chi connectivity index (χ0v) is 7.11. The van der Waals surface area contributed by atoms with Crippen molar-refractivity contribution >= 4 is 0 Å². The molecular formula is C8H17NO. The third-order valence-electron chi connectivity index (χ3n) is 1.86. The zero-order valence-electron chi connectivity index (χ0n) is 7.11. The number of rotatable bonds is 2. The lowest BCUT2D eigenvalue weighted by Gasteiger charge is -2.26. The van der Waals surface area contributed by atoms with Gasteiger partial charge in [-0.2, -0.15) is 0 Å². The van der Waals surface area contributed by atoms with Crippen LogP contribution in [0.25, 0.3) is 0 Å². The molecule has 10 heavy (non-hydrogen) atoms. The van der Waals surface area contributed by atoms with Gasteiger partial charge in [-0.3, -0.25) is 0 Å². The normalized spacial score (nSPS) is 33.6. The van der Waals surface area contributed by atoms with Gasteiger partial charge in [-0.1, -0.05) is 13.8 Å². The van der Waals surface area contributed by atoms with E-state index in [1.165, 1.54) is 0 Å². The standard InChI is InChI=1S/C8H17NO/c1-7(2)9-8(3)4-5-10-6-8/h7,9H,4-6H2,1-3H3/t8-/m0/s1. The zero-order chi connectivity index (χ0) is 7.61.